The van der Waals surface area contributed by atoms with E-state index in [0.29, 0.717) is 35.1 Å². The van der Waals surface area contributed by atoms with Crippen LogP contribution in [0.2, 0.25) is 10.0 Å². The highest BCUT2D eigenvalue weighted by Gasteiger charge is 2.24. The zero-order valence-corrected chi connectivity index (χ0v) is 17.8. The predicted octanol–water partition coefficient (Wildman–Crippen LogP) is 3.81. The predicted molar refractivity (Wildman–Crippen MR) is 119 cm³/mol. The number of carbonyl (C=O) groups is 1. The first-order valence-corrected chi connectivity index (χ1v) is 10.6. The maximum Gasteiger partial charge on any atom is 0.367 e. The van der Waals surface area contributed by atoms with Crippen molar-refractivity contribution in [2.75, 3.05) is 0 Å². The first kappa shape index (κ1) is 19.8. The van der Waals surface area contributed by atoms with Gasteiger partial charge in [0.05, 0.1) is 12.7 Å². The van der Waals surface area contributed by atoms with Gasteiger partial charge in [0, 0.05) is 33.6 Å². The lowest BCUT2D eigenvalue weighted by Gasteiger charge is -2.11. The minimum atomic E-state index is -0.353. The number of halogens is 2. The Bertz CT molecular complexity index is 1340. The molecular formula is C22H17Cl2N5O2. The second-order valence-electron chi connectivity index (χ2n) is 7.45. The Labute approximate surface area is 187 Å². The summed E-state index contributed by atoms with van der Waals surface area (Å²) in [4.78, 5) is 24.5. The summed E-state index contributed by atoms with van der Waals surface area (Å²) in [5.74, 6) is -0.00758. The Morgan fingerprint density at radius 2 is 1.61 bits per heavy atom. The summed E-state index contributed by atoms with van der Waals surface area (Å²) >= 11 is 12.2. The average Bonchev–Trinajstić information content (AvgIpc) is 3.32. The largest absolute Gasteiger partial charge is 0.367 e. The normalized spacial score (nSPS) is 16.1. The smallest absolute Gasteiger partial charge is 0.351 e. The summed E-state index contributed by atoms with van der Waals surface area (Å²) < 4.78 is 2.66. The maximum atomic E-state index is 13.0. The molecule has 4 aromatic rings. The zero-order valence-electron chi connectivity index (χ0n) is 16.3. The Morgan fingerprint density at radius 3 is 2.23 bits per heavy atom. The van der Waals surface area contributed by atoms with Gasteiger partial charge in [-0.1, -0.05) is 47.5 Å². The summed E-state index contributed by atoms with van der Waals surface area (Å²) in [6.45, 7) is 0.296. The van der Waals surface area contributed by atoms with E-state index < -0.39 is 0 Å². The number of nitrogens with one attached hydrogen (secondary N) is 1. The quantitative estimate of drug-likeness (QED) is 0.509. The number of hydrogen-bond donors (Lipinski definition) is 1. The van der Waals surface area contributed by atoms with Gasteiger partial charge in [0.25, 0.3) is 0 Å². The highest BCUT2D eigenvalue weighted by molar-refractivity contribution is 6.31. The average molecular weight is 454 g/mol. The van der Waals surface area contributed by atoms with Gasteiger partial charge in [-0.2, -0.15) is 9.61 Å². The van der Waals surface area contributed by atoms with Crippen molar-refractivity contribution < 1.29 is 4.79 Å². The van der Waals surface area contributed by atoms with E-state index in [-0.39, 0.29) is 17.6 Å². The SMILES string of the molecule is O=C1CC[C@H](Cn2nc3c(-c4ccc(Cl)cc4)c(-c4ccc(Cl)cc4)cnn3c2=O)N1. The number of benzene rings is 2. The van der Waals surface area contributed by atoms with Crippen molar-refractivity contribution in [2.45, 2.75) is 25.4 Å². The van der Waals surface area contributed by atoms with Gasteiger partial charge in [-0.25, -0.2) is 9.48 Å². The molecule has 0 radical (unpaired) electrons. The first-order valence-electron chi connectivity index (χ1n) is 9.80. The van der Waals surface area contributed by atoms with Crippen LogP contribution in [0.3, 0.4) is 0 Å². The summed E-state index contributed by atoms with van der Waals surface area (Å²) in [6.07, 6.45) is 2.79. The molecule has 2 aromatic carbocycles. The van der Waals surface area contributed by atoms with Crippen LogP contribution >= 0.6 is 23.2 Å². The minimum Gasteiger partial charge on any atom is -0.351 e. The maximum absolute atomic E-state index is 13.0. The molecule has 7 nitrogen and oxygen atoms in total. The number of amides is 1. The second kappa shape index (κ2) is 7.83. The van der Waals surface area contributed by atoms with E-state index in [4.69, 9.17) is 23.2 Å². The van der Waals surface area contributed by atoms with E-state index in [1.165, 1.54) is 9.20 Å². The van der Waals surface area contributed by atoms with E-state index >= 15 is 0 Å². The van der Waals surface area contributed by atoms with Gasteiger partial charge in [-0.3, -0.25) is 4.79 Å². The molecule has 0 aliphatic carbocycles. The van der Waals surface area contributed by atoms with Gasteiger partial charge in [0.1, 0.15) is 0 Å². The summed E-state index contributed by atoms with van der Waals surface area (Å²) in [7, 11) is 0. The highest BCUT2D eigenvalue weighted by Crippen LogP contribution is 2.35. The number of hydrogen-bond acceptors (Lipinski definition) is 4. The van der Waals surface area contributed by atoms with E-state index in [2.05, 4.69) is 15.5 Å². The van der Waals surface area contributed by atoms with Crippen LogP contribution < -0.4 is 11.0 Å². The van der Waals surface area contributed by atoms with Crippen LogP contribution in [-0.2, 0) is 11.3 Å². The molecule has 2 aromatic heterocycles. The van der Waals surface area contributed by atoms with Crippen molar-refractivity contribution >= 4 is 34.8 Å². The third-order valence-electron chi connectivity index (χ3n) is 5.38. The molecule has 1 amide bonds. The molecule has 1 N–H and O–H groups in total. The fraction of sp³-hybridized carbons (Fsp3) is 0.182. The lowest BCUT2D eigenvalue weighted by Crippen LogP contribution is -2.34. The molecule has 0 saturated carbocycles. The molecule has 5 rings (SSSR count). The van der Waals surface area contributed by atoms with Gasteiger partial charge < -0.3 is 5.32 Å². The van der Waals surface area contributed by atoms with Gasteiger partial charge in [-0.05, 0) is 41.8 Å². The lowest BCUT2D eigenvalue weighted by molar-refractivity contribution is -0.119. The molecule has 3 heterocycles. The van der Waals surface area contributed by atoms with Gasteiger partial charge in [0.2, 0.25) is 5.91 Å². The standard InChI is InChI=1S/C22H17Cl2N5O2/c23-15-5-1-13(2-6-15)18-11-25-29-21(20(18)14-3-7-16(24)8-4-14)27-28(22(29)31)12-17-9-10-19(30)26-17/h1-8,11,17H,9-10,12H2,(H,26,30)/t17-/m1/s1. The fourth-order valence-electron chi connectivity index (χ4n) is 3.85. The van der Waals surface area contributed by atoms with Crippen molar-refractivity contribution in [1.29, 1.82) is 0 Å². The first-order chi connectivity index (χ1) is 15.0. The van der Waals surface area contributed by atoms with Gasteiger partial charge >= 0.3 is 5.69 Å². The molecule has 0 bridgehead atoms. The summed E-state index contributed by atoms with van der Waals surface area (Å²) in [6, 6.07) is 14.7. The summed E-state index contributed by atoms with van der Waals surface area (Å²) in [5, 5.41) is 13.1. The molecule has 31 heavy (non-hydrogen) atoms. The van der Waals surface area contributed by atoms with E-state index in [1.54, 1.807) is 30.5 Å². The van der Waals surface area contributed by atoms with Crippen molar-refractivity contribution in [3.8, 4) is 22.3 Å². The topological polar surface area (TPSA) is 81.3 Å². The number of carbonyl (C=O) groups excluding carboxylic acids is 1. The van der Waals surface area contributed by atoms with E-state index in [9.17, 15) is 9.59 Å². The van der Waals surface area contributed by atoms with E-state index in [1.807, 2.05) is 24.3 Å². The van der Waals surface area contributed by atoms with Gasteiger partial charge in [0.15, 0.2) is 5.65 Å². The Morgan fingerprint density at radius 1 is 0.968 bits per heavy atom. The van der Waals surface area contributed by atoms with Crippen molar-refractivity contribution in [3.63, 3.8) is 0 Å². The van der Waals surface area contributed by atoms with Crippen LogP contribution in [0.1, 0.15) is 12.8 Å². The lowest BCUT2D eigenvalue weighted by atomic mass is 9.97. The van der Waals surface area contributed by atoms with Crippen molar-refractivity contribution in [3.05, 3.63) is 75.3 Å². The third kappa shape index (κ3) is 3.71. The second-order valence-corrected chi connectivity index (χ2v) is 8.32. The van der Waals surface area contributed by atoms with E-state index in [0.717, 1.165) is 22.3 Å². The monoisotopic (exact) mass is 453 g/mol. The molecule has 0 unspecified atom stereocenters. The highest BCUT2D eigenvalue weighted by atomic mass is 35.5. The molecular weight excluding hydrogens is 437 g/mol. The van der Waals surface area contributed by atoms with Crippen LogP contribution in [0, 0.1) is 0 Å². The van der Waals surface area contributed by atoms with Crippen LogP contribution in [-0.4, -0.2) is 31.3 Å². The number of rotatable bonds is 4. The van der Waals surface area contributed by atoms with Crippen LogP contribution in [0.5, 0.6) is 0 Å². The molecule has 1 fully saturated rings. The Kier molecular flexibility index (Phi) is 5.00. The summed E-state index contributed by atoms with van der Waals surface area (Å²) in [5.41, 5.74) is 3.42. The van der Waals surface area contributed by atoms with Crippen LogP contribution in [0.4, 0.5) is 0 Å². The number of fused-ring (bicyclic) bond motifs is 1. The molecule has 156 valence electrons. The minimum absolute atomic E-state index is 0.00758. The molecule has 1 aliphatic heterocycles. The van der Waals surface area contributed by atoms with Crippen LogP contribution in [0.25, 0.3) is 27.9 Å². The molecule has 1 atom stereocenters. The fourth-order valence-corrected chi connectivity index (χ4v) is 4.10. The third-order valence-corrected chi connectivity index (χ3v) is 5.88. The number of aromatic nitrogens is 4. The van der Waals surface area contributed by atoms with Crippen LogP contribution in [0.15, 0.2) is 59.5 Å². The molecule has 1 saturated heterocycles. The zero-order chi connectivity index (χ0) is 21.5. The Hall–Kier alpha value is -3.16. The molecule has 1 aliphatic rings. The van der Waals surface area contributed by atoms with Crippen molar-refractivity contribution in [1.82, 2.24) is 24.7 Å². The Balaban J connectivity index is 1.71. The molecule has 9 heteroatoms. The van der Waals surface area contributed by atoms with Gasteiger partial charge in [-0.15, -0.1) is 5.10 Å². The number of nitrogens with zero attached hydrogens (tertiary/aromatic N) is 4. The molecule has 0 spiro atoms. The van der Waals surface area contributed by atoms with Crippen molar-refractivity contribution in [2.24, 2.45) is 0 Å².